The maximum absolute atomic E-state index is 12.5. The Hall–Kier alpha value is -2.48. The zero-order valence-corrected chi connectivity index (χ0v) is 26.7. The van der Waals surface area contributed by atoms with Crippen LogP contribution in [0, 0.1) is 6.92 Å². The fourth-order valence-corrected chi connectivity index (χ4v) is 5.64. The number of piperazine rings is 1. The lowest BCUT2D eigenvalue weighted by Gasteiger charge is -2.46. The van der Waals surface area contributed by atoms with Crippen LogP contribution in [-0.4, -0.2) is 77.6 Å². The maximum Gasteiger partial charge on any atom is 0.248 e. The summed E-state index contributed by atoms with van der Waals surface area (Å²) in [6.45, 7) is 18.9. The predicted molar refractivity (Wildman–Crippen MR) is 171 cm³/mol. The maximum atomic E-state index is 12.5. The number of nitrogens with one attached hydrogen (secondary N) is 2. The summed E-state index contributed by atoms with van der Waals surface area (Å²) in [7, 11) is 0. The van der Waals surface area contributed by atoms with Crippen LogP contribution in [0.3, 0.4) is 0 Å². The molecule has 0 bridgehead atoms. The van der Waals surface area contributed by atoms with Crippen LogP contribution in [0.25, 0.3) is 0 Å². The highest BCUT2D eigenvalue weighted by Gasteiger charge is 2.32. The van der Waals surface area contributed by atoms with Crippen molar-refractivity contribution in [3.05, 3.63) is 58.3 Å². The highest BCUT2D eigenvalue weighted by Crippen LogP contribution is 2.24. The highest BCUT2D eigenvalue weighted by atomic mass is 16.3. The van der Waals surface area contributed by atoms with Gasteiger partial charge in [-0.1, -0.05) is 56.2 Å². The molecule has 1 heterocycles. The molecule has 41 heavy (non-hydrogen) atoms. The van der Waals surface area contributed by atoms with Crippen molar-refractivity contribution < 1.29 is 9.90 Å². The molecule has 1 aromatic rings. The van der Waals surface area contributed by atoms with Crippen molar-refractivity contribution in [2.45, 2.75) is 111 Å². The van der Waals surface area contributed by atoms with E-state index in [4.69, 9.17) is 4.99 Å². The van der Waals surface area contributed by atoms with Gasteiger partial charge in [0.2, 0.25) is 5.91 Å². The SMILES string of the molecule is CC/C(C)=C(C)/C(=N\C=C(/C)C(=O)NC1CC1)N1CCN(C(CC)CCN[C@@H](CO)c2ccc(C)cc2)C(CC)C1. The van der Waals surface area contributed by atoms with E-state index >= 15 is 0 Å². The van der Waals surface area contributed by atoms with Crippen LogP contribution in [0.2, 0.25) is 0 Å². The summed E-state index contributed by atoms with van der Waals surface area (Å²) in [6.07, 6.45) is 8.12. The fourth-order valence-electron chi connectivity index (χ4n) is 5.64. The first-order valence-electron chi connectivity index (χ1n) is 15.9. The van der Waals surface area contributed by atoms with Crippen LogP contribution < -0.4 is 10.6 Å². The molecule has 1 saturated heterocycles. The number of aliphatic hydroxyl groups excluding tert-OH is 1. The normalized spacial score (nSPS) is 21.0. The van der Waals surface area contributed by atoms with Crippen molar-refractivity contribution >= 4 is 11.7 Å². The van der Waals surface area contributed by atoms with E-state index in [9.17, 15) is 9.90 Å². The van der Waals surface area contributed by atoms with Gasteiger partial charge in [-0.3, -0.25) is 9.69 Å². The minimum atomic E-state index is -0.0369. The van der Waals surface area contributed by atoms with Gasteiger partial charge in [0.25, 0.3) is 0 Å². The number of allylic oxidation sites excluding steroid dienone is 1. The standard InChI is InChI=1S/C34H55N5O2/c1-8-25(5)27(7)33(36-21-26(6)34(41)37-29-15-16-29)38-19-20-39(31(10-3)22-38)30(9-2)17-18-35-32(23-40)28-13-11-24(4)12-14-28/h11-14,21,29-32,35,40H,8-10,15-20,22-23H2,1-7H3,(H,37,41)/b26-21+,27-25+,36-33+/t30?,31?,32-/m0/s1. The van der Waals surface area contributed by atoms with Crippen molar-refractivity contribution in [3.8, 4) is 0 Å². The molecule has 3 atom stereocenters. The Morgan fingerprint density at radius 3 is 2.41 bits per heavy atom. The topological polar surface area (TPSA) is 80.2 Å². The summed E-state index contributed by atoms with van der Waals surface area (Å²) >= 11 is 0. The molecule has 3 N–H and O–H groups in total. The summed E-state index contributed by atoms with van der Waals surface area (Å²) in [4.78, 5) is 22.6. The molecule has 1 aromatic carbocycles. The van der Waals surface area contributed by atoms with Crippen LogP contribution in [0.5, 0.6) is 0 Å². The zero-order valence-electron chi connectivity index (χ0n) is 26.7. The number of nitrogens with zero attached hydrogens (tertiary/aromatic N) is 3. The number of aliphatic hydroxyl groups is 1. The smallest absolute Gasteiger partial charge is 0.248 e. The highest BCUT2D eigenvalue weighted by molar-refractivity contribution is 6.00. The summed E-state index contributed by atoms with van der Waals surface area (Å²) in [5.41, 5.74) is 5.57. The van der Waals surface area contributed by atoms with Crippen LogP contribution in [0.15, 0.2) is 52.2 Å². The second kappa shape index (κ2) is 16.2. The molecule has 2 fully saturated rings. The van der Waals surface area contributed by atoms with E-state index in [1.165, 1.54) is 16.7 Å². The number of amidine groups is 1. The summed E-state index contributed by atoms with van der Waals surface area (Å²) in [5.74, 6) is 0.991. The molecule has 0 spiro atoms. The molecule has 2 aliphatic rings. The average molecular weight is 566 g/mol. The first-order chi connectivity index (χ1) is 19.7. The second-order valence-electron chi connectivity index (χ2n) is 12.0. The third kappa shape index (κ3) is 9.52. The number of amides is 1. The molecule has 7 nitrogen and oxygen atoms in total. The van der Waals surface area contributed by atoms with Gasteiger partial charge in [0, 0.05) is 49.5 Å². The molecular formula is C34H55N5O2. The molecular weight excluding hydrogens is 510 g/mol. The number of aryl methyl sites for hydroxylation is 1. The first kappa shape index (κ1) is 33.0. The van der Waals surface area contributed by atoms with Gasteiger partial charge in [0.15, 0.2) is 0 Å². The van der Waals surface area contributed by atoms with Crippen LogP contribution in [0.1, 0.15) is 97.2 Å². The van der Waals surface area contributed by atoms with Crippen molar-refractivity contribution in [3.63, 3.8) is 0 Å². The van der Waals surface area contributed by atoms with E-state index in [1.54, 1.807) is 6.20 Å². The van der Waals surface area contributed by atoms with E-state index in [0.717, 1.165) is 76.1 Å². The van der Waals surface area contributed by atoms with Gasteiger partial charge in [-0.2, -0.15) is 0 Å². The number of benzene rings is 1. The van der Waals surface area contributed by atoms with Crippen molar-refractivity contribution in [2.75, 3.05) is 32.8 Å². The molecule has 228 valence electrons. The van der Waals surface area contributed by atoms with Gasteiger partial charge < -0.3 is 20.6 Å². The van der Waals surface area contributed by atoms with E-state index < -0.39 is 0 Å². The lowest BCUT2D eigenvalue weighted by atomic mass is 10.00. The number of carbonyl (C=O) groups excluding carboxylic acids is 1. The number of hydrogen-bond donors (Lipinski definition) is 3. The van der Waals surface area contributed by atoms with Gasteiger partial charge in [0.1, 0.15) is 5.84 Å². The van der Waals surface area contributed by atoms with Gasteiger partial charge in [-0.25, -0.2) is 4.99 Å². The van der Waals surface area contributed by atoms with Crippen LogP contribution in [-0.2, 0) is 4.79 Å². The van der Waals surface area contributed by atoms with E-state index in [2.05, 4.69) is 86.2 Å². The summed E-state index contributed by atoms with van der Waals surface area (Å²) < 4.78 is 0. The lowest BCUT2D eigenvalue weighted by molar-refractivity contribution is -0.117. The number of rotatable bonds is 14. The van der Waals surface area contributed by atoms with Crippen LogP contribution >= 0.6 is 0 Å². The number of hydrogen-bond acceptors (Lipinski definition) is 5. The minimum Gasteiger partial charge on any atom is -0.394 e. The molecule has 2 unspecified atom stereocenters. The van der Waals surface area contributed by atoms with E-state index in [1.807, 2.05) is 6.92 Å². The first-order valence-corrected chi connectivity index (χ1v) is 15.9. The van der Waals surface area contributed by atoms with Crippen molar-refractivity contribution in [1.29, 1.82) is 0 Å². The fraction of sp³-hybridized carbons (Fsp3) is 0.647. The number of carbonyl (C=O) groups is 1. The van der Waals surface area contributed by atoms with Gasteiger partial charge >= 0.3 is 0 Å². The molecule has 3 rings (SSSR count). The second-order valence-corrected chi connectivity index (χ2v) is 12.0. The third-order valence-corrected chi connectivity index (χ3v) is 8.93. The molecule has 7 heteroatoms. The van der Waals surface area contributed by atoms with Crippen molar-refractivity contribution in [1.82, 2.24) is 20.4 Å². The van der Waals surface area contributed by atoms with Gasteiger partial charge in [0.05, 0.1) is 12.6 Å². The zero-order chi connectivity index (χ0) is 29.9. The lowest BCUT2D eigenvalue weighted by Crippen LogP contribution is -2.58. The summed E-state index contributed by atoms with van der Waals surface area (Å²) in [5, 5.41) is 16.7. The predicted octanol–water partition coefficient (Wildman–Crippen LogP) is 5.51. The Labute approximate surface area is 249 Å². The van der Waals surface area contributed by atoms with Gasteiger partial charge in [-0.15, -0.1) is 0 Å². The quantitative estimate of drug-likeness (QED) is 0.157. The Kier molecular flexibility index (Phi) is 13.1. The van der Waals surface area contributed by atoms with Crippen molar-refractivity contribution in [2.24, 2.45) is 4.99 Å². The molecule has 1 aliphatic heterocycles. The monoisotopic (exact) mass is 565 g/mol. The number of aliphatic imine (C=N–C) groups is 1. The van der Waals surface area contributed by atoms with E-state index in [-0.39, 0.29) is 18.6 Å². The Balaban J connectivity index is 1.68. The molecule has 0 radical (unpaired) electrons. The molecule has 1 amide bonds. The van der Waals surface area contributed by atoms with Gasteiger partial charge in [-0.05, 0) is 83.9 Å². The minimum absolute atomic E-state index is 0.00841. The Morgan fingerprint density at radius 1 is 1.12 bits per heavy atom. The Bertz CT molecular complexity index is 1070. The van der Waals surface area contributed by atoms with E-state index in [0.29, 0.717) is 23.7 Å². The largest absolute Gasteiger partial charge is 0.394 e. The molecule has 0 aromatic heterocycles. The van der Waals surface area contributed by atoms with Crippen LogP contribution in [0.4, 0.5) is 0 Å². The average Bonchev–Trinajstić information content (AvgIpc) is 3.81. The molecule has 1 saturated carbocycles. The molecule has 1 aliphatic carbocycles. The summed E-state index contributed by atoms with van der Waals surface area (Å²) in [6, 6.07) is 9.66. The third-order valence-electron chi connectivity index (χ3n) is 8.93. The Morgan fingerprint density at radius 2 is 1.83 bits per heavy atom.